The average Bonchev–Trinajstić information content (AvgIpc) is 3.04. The number of thiazole rings is 1. The van der Waals surface area contributed by atoms with Gasteiger partial charge in [0.2, 0.25) is 0 Å². The fourth-order valence-electron chi connectivity index (χ4n) is 2.02. The molecule has 7 heteroatoms. The van der Waals surface area contributed by atoms with Crippen LogP contribution in [0.5, 0.6) is 5.75 Å². The minimum absolute atomic E-state index is 0.0635. The number of benzene rings is 2. The van der Waals surface area contributed by atoms with Crippen molar-refractivity contribution in [2.75, 3.05) is 12.4 Å². The molecule has 0 unspecified atom stereocenters. The molecular formula is C16H13N3O3S. The molecule has 2 aromatic carbocycles. The van der Waals surface area contributed by atoms with E-state index in [1.165, 1.54) is 23.5 Å². The molecule has 0 atom stereocenters. The molecule has 0 radical (unpaired) electrons. The van der Waals surface area contributed by atoms with Crippen molar-refractivity contribution in [3.8, 4) is 17.0 Å². The number of non-ortho nitro benzene ring substituents is 1. The van der Waals surface area contributed by atoms with Crippen molar-refractivity contribution in [1.82, 2.24) is 4.98 Å². The summed E-state index contributed by atoms with van der Waals surface area (Å²) in [6, 6.07) is 13.9. The van der Waals surface area contributed by atoms with Gasteiger partial charge in [-0.25, -0.2) is 4.98 Å². The van der Waals surface area contributed by atoms with Crippen molar-refractivity contribution in [2.24, 2.45) is 0 Å². The zero-order chi connectivity index (χ0) is 16.2. The van der Waals surface area contributed by atoms with Crippen LogP contribution in [-0.2, 0) is 0 Å². The Morgan fingerprint density at radius 3 is 2.43 bits per heavy atom. The fraction of sp³-hybridized carbons (Fsp3) is 0.0625. The third kappa shape index (κ3) is 3.46. The second-order valence-corrected chi connectivity index (χ2v) is 5.55. The van der Waals surface area contributed by atoms with Gasteiger partial charge in [0.25, 0.3) is 5.69 Å². The third-order valence-corrected chi connectivity index (χ3v) is 3.98. The number of nitro benzene ring substituents is 1. The van der Waals surface area contributed by atoms with E-state index in [4.69, 9.17) is 4.74 Å². The Morgan fingerprint density at radius 2 is 1.83 bits per heavy atom. The second-order valence-electron chi connectivity index (χ2n) is 4.70. The van der Waals surface area contributed by atoms with Crippen LogP contribution in [0.1, 0.15) is 0 Å². The summed E-state index contributed by atoms with van der Waals surface area (Å²) in [6.07, 6.45) is 0. The van der Waals surface area contributed by atoms with Crippen LogP contribution >= 0.6 is 11.3 Å². The average molecular weight is 327 g/mol. The van der Waals surface area contributed by atoms with E-state index in [0.29, 0.717) is 0 Å². The van der Waals surface area contributed by atoms with Gasteiger partial charge in [0.05, 0.1) is 17.7 Å². The number of ether oxygens (including phenoxy) is 1. The lowest BCUT2D eigenvalue weighted by atomic mass is 10.2. The highest BCUT2D eigenvalue weighted by Gasteiger charge is 2.07. The highest BCUT2D eigenvalue weighted by Crippen LogP contribution is 2.28. The largest absolute Gasteiger partial charge is 0.497 e. The first kappa shape index (κ1) is 15.0. The summed E-state index contributed by atoms with van der Waals surface area (Å²) < 4.78 is 5.14. The number of aromatic nitrogens is 1. The zero-order valence-corrected chi connectivity index (χ0v) is 13.0. The third-order valence-electron chi connectivity index (χ3n) is 3.22. The van der Waals surface area contributed by atoms with Crippen LogP contribution < -0.4 is 10.1 Å². The van der Waals surface area contributed by atoms with Crippen LogP contribution in [0.4, 0.5) is 16.5 Å². The maximum Gasteiger partial charge on any atom is 0.269 e. The molecule has 3 rings (SSSR count). The number of anilines is 2. The summed E-state index contributed by atoms with van der Waals surface area (Å²) in [5.41, 5.74) is 2.68. The molecule has 23 heavy (non-hydrogen) atoms. The molecule has 0 aliphatic heterocycles. The molecule has 0 amide bonds. The van der Waals surface area contributed by atoms with E-state index in [1.54, 1.807) is 19.2 Å². The van der Waals surface area contributed by atoms with Crippen molar-refractivity contribution < 1.29 is 9.66 Å². The Hall–Kier alpha value is -2.93. The van der Waals surface area contributed by atoms with E-state index in [-0.39, 0.29) is 5.69 Å². The lowest BCUT2D eigenvalue weighted by Crippen LogP contribution is -1.91. The molecule has 0 saturated heterocycles. The molecule has 6 nitrogen and oxygen atoms in total. The highest BCUT2D eigenvalue weighted by molar-refractivity contribution is 7.14. The van der Waals surface area contributed by atoms with Gasteiger partial charge in [-0.3, -0.25) is 10.1 Å². The zero-order valence-electron chi connectivity index (χ0n) is 12.2. The van der Waals surface area contributed by atoms with E-state index in [2.05, 4.69) is 10.3 Å². The lowest BCUT2D eigenvalue weighted by molar-refractivity contribution is -0.384. The number of nitrogens with zero attached hydrogens (tertiary/aromatic N) is 2. The molecule has 0 fully saturated rings. The summed E-state index contributed by atoms with van der Waals surface area (Å²) in [4.78, 5) is 14.7. The van der Waals surface area contributed by atoms with Crippen LogP contribution in [0.3, 0.4) is 0 Å². The van der Waals surface area contributed by atoms with E-state index in [9.17, 15) is 10.1 Å². The minimum Gasteiger partial charge on any atom is -0.497 e. The molecule has 0 bridgehead atoms. The molecule has 3 aromatic rings. The van der Waals surface area contributed by atoms with Gasteiger partial charge in [0, 0.05) is 28.8 Å². The number of rotatable bonds is 5. The van der Waals surface area contributed by atoms with Crippen molar-refractivity contribution in [3.63, 3.8) is 0 Å². The molecule has 0 saturated carbocycles. The Morgan fingerprint density at radius 1 is 1.13 bits per heavy atom. The molecule has 1 heterocycles. The minimum atomic E-state index is -0.422. The molecule has 1 N–H and O–H groups in total. The second kappa shape index (κ2) is 6.45. The maximum atomic E-state index is 10.6. The number of nitrogens with one attached hydrogen (secondary N) is 1. The summed E-state index contributed by atoms with van der Waals surface area (Å²) >= 11 is 1.47. The van der Waals surface area contributed by atoms with Crippen LogP contribution in [0, 0.1) is 10.1 Å². The van der Waals surface area contributed by atoms with E-state index in [1.807, 2.05) is 29.6 Å². The van der Waals surface area contributed by atoms with Crippen LogP contribution in [0.15, 0.2) is 53.9 Å². The monoisotopic (exact) mass is 327 g/mol. The number of hydrogen-bond donors (Lipinski definition) is 1. The quantitative estimate of drug-likeness (QED) is 0.552. The van der Waals surface area contributed by atoms with Gasteiger partial charge >= 0.3 is 0 Å². The Kier molecular flexibility index (Phi) is 4.20. The van der Waals surface area contributed by atoms with Crippen LogP contribution in [0.25, 0.3) is 11.3 Å². The van der Waals surface area contributed by atoms with E-state index in [0.717, 1.165) is 27.8 Å². The standard InChI is InChI=1S/C16H13N3O3S/c1-22-14-8-2-11(3-9-14)15-10-23-16(18-15)17-12-4-6-13(7-5-12)19(20)21/h2-10H,1H3,(H,17,18). The van der Waals surface area contributed by atoms with Gasteiger partial charge in [0.1, 0.15) is 5.75 Å². The first-order valence-corrected chi connectivity index (χ1v) is 7.65. The van der Waals surface area contributed by atoms with Gasteiger partial charge < -0.3 is 10.1 Å². The predicted molar refractivity (Wildman–Crippen MR) is 90.5 cm³/mol. The summed E-state index contributed by atoms with van der Waals surface area (Å²) in [5, 5.41) is 16.5. The van der Waals surface area contributed by atoms with Crippen molar-refractivity contribution in [3.05, 3.63) is 64.0 Å². The normalized spacial score (nSPS) is 10.3. The predicted octanol–water partition coefficient (Wildman–Crippen LogP) is 4.47. The Labute approximate surface area is 136 Å². The fourth-order valence-corrected chi connectivity index (χ4v) is 2.76. The van der Waals surface area contributed by atoms with Crippen molar-refractivity contribution in [1.29, 1.82) is 0 Å². The topological polar surface area (TPSA) is 77.3 Å². The van der Waals surface area contributed by atoms with Crippen molar-refractivity contribution in [2.45, 2.75) is 0 Å². The van der Waals surface area contributed by atoms with Gasteiger partial charge in [0.15, 0.2) is 5.13 Å². The van der Waals surface area contributed by atoms with Gasteiger partial charge in [-0.05, 0) is 36.4 Å². The molecule has 116 valence electrons. The molecular weight excluding hydrogens is 314 g/mol. The SMILES string of the molecule is COc1ccc(-c2csc(Nc3ccc([N+](=O)[O-])cc3)n2)cc1. The van der Waals surface area contributed by atoms with Crippen molar-refractivity contribution >= 4 is 27.8 Å². The maximum absolute atomic E-state index is 10.6. The number of nitro groups is 1. The van der Waals surface area contributed by atoms with Crippen LogP contribution in [0.2, 0.25) is 0 Å². The Bertz CT molecular complexity index is 813. The summed E-state index contributed by atoms with van der Waals surface area (Å²) in [6.45, 7) is 0. The van der Waals surface area contributed by atoms with Gasteiger partial charge in [-0.2, -0.15) is 0 Å². The lowest BCUT2D eigenvalue weighted by Gasteiger charge is -2.02. The Balaban J connectivity index is 1.74. The van der Waals surface area contributed by atoms with Gasteiger partial charge in [-0.1, -0.05) is 0 Å². The van der Waals surface area contributed by atoms with Crippen LogP contribution in [-0.4, -0.2) is 17.0 Å². The van der Waals surface area contributed by atoms with Gasteiger partial charge in [-0.15, -0.1) is 11.3 Å². The van der Waals surface area contributed by atoms with E-state index >= 15 is 0 Å². The highest BCUT2D eigenvalue weighted by atomic mass is 32.1. The molecule has 1 aromatic heterocycles. The number of hydrogen-bond acceptors (Lipinski definition) is 6. The molecule has 0 spiro atoms. The molecule has 0 aliphatic carbocycles. The summed E-state index contributed by atoms with van der Waals surface area (Å²) in [7, 11) is 1.63. The number of methoxy groups -OCH3 is 1. The first-order chi connectivity index (χ1) is 11.2. The first-order valence-electron chi connectivity index (χ1n) is 6.77. The molecule has 0 aliphatic rings. The van der Waals surface area contributed by atoms with E-state index < -0.39 is 4.92 Å². The smallest absolute Gasteiger partial charge is 0.269 e. The summed E-state index contributed by atoms with van der Waals surface area (Å²) in [5.74, 6) is 0.799.